The fourth-order valence-corrected chi connectivity index (χ4v) is 4.05. The molecule has 0 fully saturated rings. The average molecular weight is 419 g/mol. The lowest BCUT2D eigenvalue weighted by Gasteiger charge is -2.31. The predicted molar refractivity (Wildman–Crippen MR) is 122 cm³/mol. The van der Waals surface area contributed by atoms with Crippen molar-refractivity contribution in [3.63, 3.8) is 0 Å². The third kappa shape index (κ3) is 4.76. The van der Waals surface area contributed by atoms with Crippen LogP contribution < -0.4 is 4.74 Å². The van der Waals surface area contributed by atoms with Crippen LogP contribution in [-0.4, -0.2) is 34.8 Å². The molecule has 0 aliphatic carbocycles. The molecule has 162 valence electrons. The maximum Gasteiger partial charge on any atom is 0.410 e. The zero-order chi connectivity index (χ0) is 22.0. The molecular formula is C26H30N2O3. The molecule has 1 amide bonds. The Morgan fingerprint density at radius 1 is 1.03 bits per heavy atom. The van der Waals surface area contributed by atoms with Crippen molar-refractivity contribution in [2.24, 2.45) is 0 Å². The Bertz CT molecular complexity index is 1050. The summed E-state index contributed by atoms with van der Waals surface area (Å²) in [5.41, 5.74) is 5.51. The second-order valence-electron chi connectivity index (χ2n) is 8.96. The van der Waals surface area contributed by atoms with Crippen LogP contribution in [0.25, 0.3) is 11.1 Å². The molecule has 4 rings (SSSR count). The van der Waals surface area contributed by atoms with Gasteiger partial charge in [0.1, 0.15) is 11.4 Å². The molecule has 2 aromatic carbocycles. The molecule has 5 heteroatoms. The first kappa shape index (κ1) is 21.0. The lowest BCUT2D eigenvalue weighted by atomic mass is 9.99. The van der Waals surface area contributed by atoms with E-state index in [1.54, 1.807) is 7.11 Å². The number of benzene rings is 2. The number of rotatable bonds is 4. The Kier molecular flexibility index (Phi) is 5.77. The summed E-state index contributed by atoms with van der Waals surface area (Å²) in [4.78, 5) is 14.5. The normalized spacial score (nSPS) is 13.6. The van der Waals surface area contributed by atoms with E-state index in [1.807, 2.05) is 43.9 Å². The molecule has 1 aliphatic heterocycles. The molecule has 2 heterocycles. The van der Waals surface area contributed by atoms with Gasteiger partial charge in [-0.05, 0) is 44.0 Å². The number of ether oxygens (including phenoxy) is 2. The molecular weight excluding hydrogens is 388 g/mol. The molecule has 3 aromatic rings. The topological polar surface area (TPSA) is 43.7 Å². The molecule has 0 saturated heterocycles. The Labute approximate surface area is 184 Å². The molecule has 1 aromatic heterocycles. The SMILES string of the molecule is COc1ccc(-c2cn(Cc3ccccc3)c3c2CN(C(=O)OC(C)(C)C)CC3)cc1. The smallest absolute Gasteiger partial charge is 0.410 e. The monoisotopic (exact) mass is 418 g/mol. The van der Waals surface area contributed by atoms with E-state index in [-0.39, 0.29) is 6.09 Å². The summed E-state index contributed by atoms with van der Waals surface area (Å²) in [7, 11) is 1.67. The van der Waals surface area contributed by atoms with Gasteiger partial charge < -0.3 is 18.9 Å². The van der Waals surface area contributed by atoms with Crippen LogP contribution in [-0.2, 0) is 24.2 Å². The van der Waals surface area contributed by atoms with E-state index < -0.39 is 5.60 Å². The van der Waals surface area contributed by atoms with Crippen molar-refractivity contribution in [3.8, 4) is 16.9 Å². The highest BCUT2D eigenvalue weighted by atomic mass is 16.6. The van der Waals surface area contributed by atoms with Gasteiger partial charge >= 0.3 is 6.09 Å². The molecule has 1 aliphatic rings. The minimum atomic E-state index is -0.505. The van der Waals surface area contributed by atoms with Crippen molar-refractivity contribution in [1.29, 1.82) is 0 Å². The molecule has 0 N–H and O–H groups in total. The van der Waals surface area contributed by atoms with Crippen LogP contribution >= 0.6 is 0 Å². The highest BCUT2D eigenvalue weighted by Gasteiger charge is 2.29. The van der Waals surface area contributed by atoms with Gasteiger partial charge in [-0.2, -0.15) is 0 Å². The third-order valence-corrected chi connectivity index (χ3v) is 5.52. The molecule has 0 unspecified atom stereocenters. The van der Waals surface area contributed by atoms with Crippen LogP contribution in [0.4, 0.5) is 4.79 Å². The van der Waals surface area contributed by atoms with E-state index in [1.165, 1.54) is 16.8 Å². The number of aromatic nitrogens is 1. The summed E-state index contributed by atoms with van der Waals surface area (Å²) in [6.07, 6.45) is 2.77. The van der Waals surface area contributed by atoms with Crippen LogP contribution in [0.2, 0.25) is 0 Å². The largest absolute Gasteiger partial charge is 0.497 e. The van der Waals surface area contributed by atoms with Gasteiger partial charge in [0.25, 0.3) is 0 Å². The molecule has 0 bridgehead atoms. The molecule has 5 nitrogen and oxygen atoms in total. The summed E-state index contributed by atoms with van der Waals surface area (Å²) < 4.78 is 13.3. The molecule has 31 heavy (non-hydrogen) atoms. The lowest BCUT2D eigenvalue weighted by Crippen LogP contribution is -2.40. The first-order chi connectivity index (χ1) is 14.8. The number of amides is 1. The number of fused-ring (bicyclic) bond motifs is 1. The summed E-state index contributed by atoms with van der Waals surface area (Å²) >= 11 is 0. The fraction of sp³-hybridized carbons (Fsp3) is 0.346. The van der Waals surface area contributed by atoms with Crippen LogP contribution in [0.1, 0.15) is 37.6 Å². The van der Waals surface area contributed by atoms with Gasteiger partial charge in [0.2, 0.25) is 0 Å². The van der Waals surface area contributed by atoms with E-state index in [0.717, 1.165) is 29.8 Å². The second-order valence-corrected chi connectivity index (χ2v) is 8.96. The molecule has 0 radical (unpaired) electrons. The summed E-state index contributed by atoms with van der Waals surface area (Å²) in [6.45, 7) is 7.72. The van der Waals surface area contributed by atoms with Crippen LogP contribution in [0.15, 0.2) is 60.8 Å². The second kappa shape index (κ2) is 8.50. The van der Waals surface area contributed by atoms with Gasteiger partial charge in [0, 0.05) is 42.5 Å². The maximum atomic E-state index is 12.7. The first-order valence-corrected chi connectivity index (χ1v) is 10.7. The third-order valence-electron chi connectivity index (χ3n) is 5.52. The van der Waals surface area contributed by atoms with Crippen LogP contribution in [0, 0.1) is 0 Å². The number of hydrogen-bond acceptors (Lipinski definition) is 3. The van der Waals surface area contributed by atoms with E-state index in [0.29, 0.717) is 13.1 Å². The Balaban J connectivity index is 1.70. The van der Waals surface area contributed by atoms with Gasteiger partial charge in [-0.25, -0.2) is 4.79 Å². The number of hydrogen-bond donors (Lipinski definition) is 0. The summed E-state index contributed by atoms with van der Waals surface area (Å²) in [5, 5.41) is 0. The maximum absolute atomic E-state index is 12.7. The van der Waals surface area contributed by atoms with E-state index >= 15 is 0 Å². The Hall–Kier alpha value is -3.21. The highest BCUT2D eigenvalue weighted by molar-refractivity contribution is 5.73. The zero-order valence-electron chi connectivity index (χ0n) is 18.7. The summed E-state index contributed by atoms with van der Waals surface area (Å²) in [6, 6.07) is 18.6. The minimum absolute atomic E-state index is 0.255. The highest BCUT2D eigenvalue weighted by Crippen LogP contribution is 2.34. The zero-order valence-corrected chi connectivity index (χ0v) is 18.7. The van der Waals surface area contributed by atoms with Gasteiger partial charge in [-0.1, -0.05) is 42.5 Å². The van der Waals surface area contributed by atoms with Crippen molar-refractivity contribution in [3.05, 3.63) is 77.6 Å². The number of nitrogens with zero attached hydrogens (tertiary/aromatic N) is 2. The van der Waals surface area contributed by atoms with Gasteiger partial charge in [0.15, 0.2) is 0 Å². The van der Waals surface area contributed by atoms with Gasteiger partial charge in [-0.15, -0.1) is 0 Å². The van der Waals surface area contributed by atoms with Crippen molar-refractivity contribution < 1.29 is 14.3 Å². The number of carbonyl (C=O) groups is 1. The number of methoxy groups -OCH3 is 1. The average Bonchev–Trinajstić information content (AvgIpc) is 3.11. The van der Waals surface area contributed by atoms with Crippen molar-refractivity contribution >= 4 is 6.09 Å². The first-order valence-electron chi connectivity index (χ1n) is 10.7. The van der Waals surface area contributed by atoms with Crippen LogP contribution in [0.3, 0.4) is 0 Å². The minimum Gasteiger partial charge on any atom is -0.497 e. The quantitative estimate of drug-likeness (QED) is 0.561. The molecule has 0 atom stereocenters. The van der Waals surface area contributed by atoms with Crippen molar-refractivity contribution in [1.82, 2.24) is 9.47 Å². The lowest BCUT2D eigenvalue weighted by molar-refractivity contribution is 0.0223. The molecule has 0 saturated carbocycles. The van der Waals surface area contributed by atoms with Gasteiger partial charge in [-0.3, -0.25) is 0 Å². The fourth-order valence-electron chi connectivity index (χ4n) is 4.05. The predicted octanol–water partition coefficient (Wildman–Crippen LogP) is 5.51. The standard InChI is InChI=1S/C26H30N2O3/c1-26(2,3)31-25(29)27-15-14-24-23(18-27)22(20-10-12-21(30-4)13-11-20)17-28(24)16-19-8-6-5-7-9-19/h5-13,17H,14-16,18H2,1-4H3. The van der Waals surface area contributed by atoms with Crippen molar-refractivity contribution in [2.75, 3.05) is 13.7 Å². The molecule has 0 spiro atoms. The van der Waals surface area contributed by atoms with Crippen LogP contribution in [0.5, 0.6) is 5.75 Å². The van der Waals surface area contributed by atoms with E-state index in [4.69, 9.17) is 9.47 Å². The van der Waals surface area contributed by atoms with Crippen molar-refractivity contribution in [2.45, 2.75) is 45.9 Å². The van der Waals surface area contributed by atoms with Gasteiger partial charge in [0.05, 0.1) is 13.7 Å². The summed E-state index contributed by atoms with van der Waals surface area (Å²) in [5.74, 6) is 0.830. The Morgan fingerprint density at radius 3 is 2.39 bits per heavy atom. The number of carbonyl (C=O) groups excluding carboxylic acids is 1. The Morgan fingerprint density at radius 2 is 1.74 bits per heavy atom. The van der Waals surface area contributed by atoms with E-state index in [9.17, 15) is 4.79 Å². The van der Waals surface area contributed by atoms with E-state index in [2.05, 4.69) is 47.2 Å².